The smallest absolute Gasteiger partial charge is 0.306 e. The number of aliphatic carboxylic acids is 1. The van der Waals surface area contributed by atoms with Crippen molar-refractivity contribution in [2.24, 2.45) is 5.92 Å². The van der Waals surface area contributed by atoms with Crippen LogP contribution in [-0.4, -0.2) is 20.6 Å². The molecule has 0 fully saturated rings. The first kappa shape index (κ1) is 14.5. The monoisotopic (exact) mass is 278 g/mol. The van der Waals surface area contributed by atoms with Gasteiger partial charge in [0, 0.05) is 12.5 Å². The number of carboxylic acid groups (broad SMARTS) is 1. The first-order valence-electron chi connectivity index (χ1n) is 6.84. The predicted molar refractivity (Wildman–Crippen MR) is 75.2 cm³/mol. The topological polar surface area (TPSA) is 55.1 Å². The Bertz CT molecular complexity index is 636. The van der Waals surface area contributed by atoms with E-state index in [-0.39, 0.29) is 11.7 Å². The summed E-state index contributed by atoms with van der Waals surface area (Å²) in [4.78, 5) is 15.7. The average Bonchev–Trinajstić information content (AvgIpc) is 2.76. The van der Waals surface area contributed by atoms with E-state index in [2.05, 4.69) is 4.98 Å². The van der Waals surface area contributed by atoms with E-state index in [1.165, 1.54) is 12.1 Å². The van der Waals surface area contributed by atoms with Gasteiger partial charge in [-0.25, -0.2) is 9.37 Å². The van der Waals surface area contributed by atoms with Crippen molar-refractivity contribution in [1.29, 1.82) is 0 Å². The summed E-state index contributed by atoms with van der Waals surface area (Å²) in [7, 11) is 0. The van der Waals surface area contributed by atoms with Crippen molar-refractivity contribution in [2.75, 3.05) is 0 Å². The van der Waals surface area contributed by atoms with Gasteiger partial charge in [-0.1, -0.05) is 20.8 Å². The summed E-state index contributed by atoms with van der Waals surface area (Å²) >= 11 is 0. The van der Waals surface area contributed by atoms with Gasteiger partial charge >= 0.3 is 5.97 Å². The van der Waals surface area contributed by atoms with Crippen LogP contribution in [0.2, 0.25) is 0 Å². The van der Waals surface area contributed by atoms with Crippen molar-refractivity contribution in [3.05, 3.63) is 29.8 Å². The predicted octanol–water partition coefficient (Wildman–Crippen LogP) is 3.41. The number of carboxylic acids is 1. The number of hydrogen-bond acceptors (Lipinski definition) is 2. The van der Waals surface area contributed by atoms with E-state index in [0.29, 0.717) is 17.9 Å². The van der Waals surface area contributed by atoms with Crippen LogP contribution >= 0.6 is 0 Å². The highest BCUT2D eigenvalue weighted by atomic mass is 19.1. The second-order valence-electron chi connectivity index (χ2n) is 5.17. The Morgan fingerprint density at radius 1 is 1.45 bits per heavy atom. The van der Waals surface area contributed by atoms with Crippen molar-refractivity contribution in [2.45, 2.75) is 39.7 Å². The van der Waals surface area contributed by atoms with Crippen LogP contribution in [0, 0.1) is 11.7 Å². The van der Waals surface area contributed by atoms with Gasteiger partial charge in [0.05, 0.1) is 17.0 Å². The number of nitrogens with zero attached hydrogens (tertiary/aromatic N) is 2. The molecule has 0 radical (unpaired) electrons. The highest BCUT2D eigenvalue weighted by molar-refractivity contribution is 5.77. The molecule has 1 aromatic carbocycles. The Morgan fingerprint density at radius 3 is 2.75 bits per heavy atom. The second-order valence-corrected chi connectivity index (χ2v) is 5.17. The van der Waals surface area contributed by atoms with E-state index in [1.807, 2.05) is 18.4 Å². The minimum absolute atomic E-state index is 0.227. The van der Waals surface area contributed by atoms with Gasteiger partial charge < -0.3 is 9.67 Å². The van der Waals surface area contributed by atoms with Crippen LogP contribution in [0.1, 0.15) is 38.9 Å². The van der Waals surface area contributed by atoms with Gasteiger partial charge in [-0.2, -0.15) is 0 Å². The molecular formula is C15H19FN2O2. The fourth-order valence-electron chi connectivity index (χ4n) is 2.36. The minimum Gasteiger partial charge on any atom is -0.481 e. The Kier molecular flexibility index (Phi) is 4.06. The number of carbonyl (C=O) groups is 1. The fourth-order valence-corrected chi connectivity index (χ4v) is 2.36. The first-order valence-corrected chi connectivity index (χ1v) is 6.84. The van der Waals surface area contributed by atoms with Gasteiger partial charge in [-0.05, 0) is 24.6 Å². The van der Waals surface area contributed by atoms with Gasteiger partial charge in [-0.15, -0.1) is 0 Å². The molecule has 0 saturated heterocycles. The maximum atomic E-state index is 13.4. The average molecular weight is 278 g/mol. The van der Waals surface area contributed by atoms with Crippen LogP contribution in [0.3, 0.4) is 0 Å². The maximum Gasteiger partial charge on any atom is 0.306 e. The summed E-state index contributed by atoms with van der Waals surface area (Å²) in [6, 6.07) is 4.47. The van der Waals surface area contributed by atoms with E-state index in [1.54, 1.807) is 13.0 Å². The number of fused-ring (bicyclic) bond motifs is 1. The normalized spacial score (nSPS) is 14.4. The molecule has 4 nitrogen and oxygen atoms in total. The van der Waals surface area contributed by atoms with Crippen LogP contribution in [0.4, 0.5) is 4.39 Å². The Balaban J connectivity index is 2.57. The number of aromatic nitrogens is 2. The van der Waals surface area contributed by atoms with Crippen LogP contribution in [0.5, 0.6) is 0 Å². The number of halogens is 1. The zero-order chi connectivity index (χ0) is 14.9. The first-order chi connectivity index (χ1) is 9.45. The summed E-state index contributed by atoms with van der Waals surface area (Å²) in [5.74, 6) is -1.21. The van der Waals surface area contributed by atoms with Crippen LogP contribution in [-0.2, 0) is 11.3 Å². The summed E-state index contributed by atoms with van der Waals surface area (Å²) in [6.07, 6.45) is 0.878. The van der Waals surface area contributed by atoms with Gasteiger partial charge in [0.2, 0.25) is 0 Å². The zero-order valence-corrected chi connectivity index (χ0v) is 11.9. The molecule has 1 N–H and O–H groups in total. The highest BCUT2D eigenvalue weighted by Crippen LogP contribution is 2.28. The SMILES string of the molecule is CCCn1c(C(C)C(C)C(=O)O)nc2ccc(F)cc21. The highest BCUT2D eigenvalue weighted by Gasteiger charge is 2.26. The summed E-state index contributed by atoms with van der Waals surface area (Å²) in [6.45, 7) is 6.25. The van der Waals surface area contributed by atoms with E-state index in [4.69, 9.17) is 5.11 Å². The van der Waals surface area contributed by atoms with E-state index in [9.17, 15) is 9.18 Å². The zero-order valence-electron chi connectivity index (χ0n) is 11.9. The molecule has 0 saturated carbocycles. The summed E-state index contributed by atoms with van der Waals surface area (Å²) in [5.41, 5.74) is 1.44. The Labute approximate surface area is 117 Å². The van der Waals surface area contributed by atoms with E-state index in [0.717, 1.165) is 11.9 Å². The molecule has 0 spiro atoms. The summed E-state index contributed by atoms with van der Waals surface area (Å²) < 4.78 is 15.4. The lowest BCUT2D eigenvalue weighted by Gasteiger charge is -2.17. The molecular weight excluding hydrogens is 259 g/mol. The third-order valence-electron chi connectivity index (χ3n) is 3.73. The third-order valence-corrected chi connectivity index (χ3v) is 3.73. The Morgan fingerprint density at radius 2 is 2.15 bits per heavy atom. The van der Waals surface area contributed by atoms with Crippen molar-refractivity contribution in [1.82, 2.24) is 9.55 Å². The molecule has 108 valence electrons. The number of hydrogen-bond donors (Lipinski definition) is 1. The van der Waals surface area contributed by atoms with Crippen molar-refractivity contribution in [3.63, 3.8) is 0 Å². The van der Waals surface area contributed by atoms with Gasteiger partial charge in [0.1, 0.15) is 11.6 Å². The van der Waals surface area contributed by atoms with Crippen molar-refractivity contribution in [3.8, 4) is 0 Å². The standard InChI is InChI=1S/C15H19FN2O2/c1-4-7-18-13-8-11(16)5-6-12(13)17-14(18)9(2)10(3)15(19)20/h5-6,8-10H,4,7H2,1-3H3,(H,19,20). The third kappa shape index (κ3) is 2.53. The number of aryl methyl sites for hydroxylation is 1. The molecule has 0 aliphatic heterocycles. The molecule has 0 amide bonds. The molecule has 0 bridgehead atoms. The fraction of sp³-hybridized carbons (Fsp3) is 0.467. The van der Waals surface area contributed by atoms with Crippen LogP contribution < -0.4 is 0 Å². The number of benzene rings is 1. The second kappa shape index (κ2) is 5.61. The lowest BCUT2D eigenvalue weighted by atomic mass is 9.95. The molecule has 1 heterocycles. The molecule has 0 aliphatic rings. The molecule has 20 heavy (non-hydrogen) atoms. The van der Waals surface area contributed by atoms with E-state index >= 15 is 0 Å². The van der Waals surface area contributed by atoms with Gasteiger partial charge in [-0.3, -0.25) is 4.79 Å². The van der Waals surface area contributed by atoms with Crippen LogP contribution in [0.15, 0.2) is 18.2 Å². The maximum absolute atomic E-state index is 13.4. The quantitative estimate of drug-likeness (QED) is 0.911. The molecule has 5 heteroatoms. The molecule has 0 aliphatic carbocycles. The lowest BCUT2D eigenvalue weighted by Crippen LogP contribution is -2.20. The molecule has 1 aromatic heterocycles. The molecule has 2 atom stereocenters. The largest absolute Gasteiger partial charge is 0.481 e. The number of rotatable bonds is 5. The van der Waals surface area contributed by atoms with Crippen molar-refractivity contribution >= 4 is 17.0 Å². The van der Waals surface area contributed by atoms with Crippen LogP contribution in [0.25, 0.3) is 11.0 Å². The van der Waals surface area contributed by atoms with Gasteiger partial charge in [0.25, 0.3) is 0 Å². The Hall–Kier alpha value is -1.91. The minimum atomic E-state index is -0.848. The number of imidazole rings is 1. The molecule has 2 unspecified atom stereocenters. The van der Waals surface area contributed by atoms with Crippen molar-refractivity contribution < 1.29 is 14.3 Å². The lowest BCUT2D eigenvalue weighted by molar-refractivity contribution is -0.141. The summed E-state index contributed by atoms with van der Waals surface area (Å²) in [5, 5.41) is 9.16. The van der Waals surface area contributed by atoms with E-state index < -0.39 is 11.9 Å². The van der Waals surface area contributed by atoms with Gasteiger partial charge in [0.15, 0.2) is 0 Å². The molecule has 2 aromatic rings. The molecule has 2 rings (SSSR count).